The molecule has 2 aromatic carbocycles. The summed E-state index contributed by atoms with van der Waals surface area (Å²) in [5.41, 5.74) is 3.27. The van der Waals surface area contributed by atoms with Crippen molar-refractivity contribution in [1.29, 1.82) is 0 Å². The van der Waals surface area contributed by atoms with Gasteiger partial charge < -0.3 is 15.0 Å². The van der Waals surface area contributed by atoms with Crippen LogP contribution in [-0.2, 0) is 16.1 Å². The standard InChI is InChI=1S/C20H21ClN2O2S/c1-14(24)11-20-23(13-15-3-5-16(21)6-4-15)18-12-17(22-9-10-25-2)7-8-19(18)26-20/h3-8,11-12,22H,9-10,13H2,1-2H3/b20-11-. The first-order chi connectivity index (χ1) is 12.6. The highest BCUT2D eigenvalue weighted by molar-refractivity contribution is 8.03. The van der Waals surface area contributed by atoms with E-state index in [0.717, 1.165) is 33.4 Å². The number of anilines is 2. The molecule has 1 aliphatic heterocycles. The molecule has 3 rings (SSSR count). The Morgan fingerprint density at radius 1 is 1.27 bits per heavy atom. The second-order valence-electron chi connectivity index (χ2n) is 6.01. The molecule has 0 atom stereocenters. The molecule has 0 aliphatic carbocycles. The number of ether oxygens (including phenoxy) is 1. The zero-order chi connectivity index (χ0) is 18.5. The highest BCUT2D eigenvalue weighted by Crippen LogP contribution is 2.47. The van der Waals surface area contributed by atoms with Crippen LogP contribution in [0.5, 0.6) is 0 Å². The second-order valence-corrected chi connectivity index (χ2v) is 7.51. The van der Waals surface area contributed by atoms with Gasteiger partial charge in [-0.25, -0.2) is 0 Å². The number of allylic oxidation sites excluding steroid dienone is 1. The summed E-state index contributed by atoms with van der Waals surface area (Å²) in [4.78, 5) is 15.0. The topological polar surface area (TPSA) is 41.6 Å². The minimum atomic E-state index is 0.0415. The van der Waals surface area contributed by atoms with Crippen LogP contribution in [0.2, 0.25) is 5.02 Å². The molecule has 2 aromatic rings. The van der Waals surface area contributed by atoms with Gasteiger partial charge in [-0.05, 0) is 42.8 Å². The van der Waals surface area contributed by atoms with E-state index in [0.29, 0.717) is 18.2 Å². The van der Waals surface area contributed by atoms with E-state index in [1.807, 2.05) is 24.3 Å². The van der Waals surface area contributed by atoms with Crippen molar-refractivity contribution in [2.45, 2.75) is 18.4 Å². The maximum atomic E-state index is 11.7. The molecular formula is C20H21ClN2O2S. The molecule has 136 valence electrons. The SMILES string of the molecule is COCCNc1ccc2c(c1)N(Cc1ccc(Cl)cc1)/C(=C/C(C)=O)S2. The van der Waals surface area contributed by atoms with E-state index in [2.05, 4.69) is 28.4 Å². The molecule has 0 fully saturated rings. The summed E-state index contributed by atoms with van der Waals surface area (Å²) in [6.45, 7) is 3.65. The highest BCUT2D eigenvalue weighted by atomic mass is 35.5. The molecule has 6 heteroatoms. The number of rotatable bonds is 7. The van der Waals surface area contributed by atoms with E-state index in [9.17, 15) is 4.79 Å². The maximum absolute atomic E-state index is 11.7. The van der Waals surface area contributed by atoms with Crippen LogP contribution in [0.15, 0.2) is 58.5 Å². The number of carbonyl (C=O) groups excluding carboxylic acids is 1. The average Bonchev–Trinajstić information content (AvgIpc) is 2.93. The molecule has 0 aromatic heterocycles. The molecule has 0 spiro atoms. The fourth-order valence-corrected chi connectivity index (χ4v) is 3.98. The molecule has 0 unspecified atom stereocenters. The normalized spacial score (nSPS) is 14.6. The molecule has 1 aliphatic rings. The predicted molar refractivity (Wildman–Crippen MR) is 109 cm³/mol. The predicted octanol–water partition coefficient (Wildman–Crippen LogP) is 4.94. The van der Waals surface area contributed by atoms with Crippen molar-refractivity contribution in [3.63, 3.8) is 0 Å². The van der Waals surface area contributed by atoms with Crippen molar-refractivity contribution >= 4 is 40.5 Å². The summed E-state index contributed by atoms with van der Waals surface area (Å²) < 4.78 is 5.09. The lowest BCUT2D eigenvalue weighted by Crippen LogP contribution is -2.18. The summed E-state index contributed by atoms with van der Waals surface area (Å²) in [7, 11) is 1.69. The lowest BCUT2D eigenvalue weighted by Gasteiger charge is -2.21. The third kappa shape index (κ3) is 4.61. The third-order valence-electron chi connectivity index (χ3n) is 3.95. The van der Waals surface area contributed by atoms with E-state index >= 15 is 0 Å². The molecule has 26 heavy (non-hydrogen) atoms. The van der Waals surface area contributed by atoms with Gasteiger partial charge in [-0.15, -0.1) is 0 Å². The van der Waals surface area contributed by atoms with Crippen LogP contribution >= 0.6 is 23.4 Å². The molecule has 1 heterocycles. The first kappa shape index (κ1) is 18.8. The van der Waals surface area contributed by atoms with Gasteiger partial charge >= 0.3 is 0 Å². The molecule has 4 nitrogen and oxygen atoms in total. The van der Waals surface area contributed by atoms with Gasteiger partial charge in [0.25, 0.3) is 0 Å². The zero-order valence-electron chi connectivity index (χ0n) is 14.8. The van der Waals surface area contributed by atoms with Gasteiger partial charge in [0.1, 0.15) is 0 Å². The summed E-state index contributed by atoms with van der Waals surface area (Å²) in [5, 5.41) is 5.02. The van der Waals surface area contributed by atoms with Gasteiger partial charge in [-0.2, -0.15) is 0 Å². The molecular weight excluding hydrogens is 368 g/mol. The summed E-state index contributed by atoms with van der Waals surface area (Å²) >= 11 is 7.62. The maximum Gasteiger partial charge on any atom is 0.155 e. The molecule has 0 saturated heterocycles. The van der Waals surface area contributed by atoms with Crippen molar-refractivity contribution in [2.24, 2.45) is 0 Å². The Balaban J connectivity index is 1.89. The number of nitrogens with zero attached hydrogens (tertiary/aromatic N) is 1. The van der Waals surface area contributed by atoms with Gasteiger partial charge in [0.15, 0.2) is 5.78 Å². The lowest BCUT2D eigenvalue weighted by molar-refractivity contribution is -0.112. The number of ketones is 1. The summed E-state index contributed by atoms with van der Waals surface area (Å²) in [6.07, 6.45) is 1.69. The number of halogens is 1. The van der Waals surface area contributed by atoms with Crippen LogP contribution in [-0.4, -0.2) is 26.0 Å². The number of fused-ring (bicyclic) bond motifs is 1. The van der Waals surface area contributed by atoms with Gasteiger partial charge in [-0.1, -0.05) is 35.5 Å². The van der Waals surface area contributed by atoms with Gasteiger partial charge in [0.2, 0.25) is 0 Å². The van der Waals surface area contributed by atoms with Crippen molar-refractivity contribution in [2.75, 3.05) is 30.5 Å². The second kappa shape index (κ2) is 8.62. The van der Waals surface area contributed by atoms with E-state index < -0.39 is 0 Å². The van der Waals surface area contributed by atoms with Crippen LogP contribution in [0.4, 0.5) is 11.4 Å². The Hall–Kier alpha value is -1.95. The summed E-state index contributed by atoms with van der Waals surface area (Å²) in [5.74, 6) is 0.0415. The number of nitrogens with one attached hydrogen (secondary N) is 1. The van der Waals surface area contributed by atoms with Crippen LogP contribution in [0, 0.1) is 0 Å². The minimum absolute atomic E-state index is 0.0415. The van der Waals surface area contributed by atoms with E-state index in [-0.39, 0.29) is 5.78 Å². The first-order valence-corrected chi connectivity index (χ1v) is 9.55. The van der Waals surface area contributed by atoms with Crippen LogP contribution in [0.25, 0.3) is 0 Å². The summed E-state index contributed by atoms with van der Waals surface area (Å²) in [6, 6.07) is 14.1. The van der Waals surface area contributed by atoms with Crippen LogP contribution < -0.4 is 10.2 Å². The number of methoxy groups -OCH3 is 1. The van der Waals surface area contributed by atoms with Crippen molar-refractivity contribution in [3.05, 3.63) is 64.2 Å². The molecule has 0 bridgehead atoms. The van der Waals surface area contributed by atoms with Crippen molar-refractivity contribution in [3.8, 4) is 0 Å². The number of carbonyl (C=O) groups is 1. The number of benzene rings is 2. The first-order valence-electron chi connectivity index (χ1n) is 8.36. The largest absolute Gasteiger partial charge is 0.383 e. The minimum Gasteiger partial charge on any atom is -0.383 e. The van der Waals surface area contributed by atoms with Gasteiger partial charge in [0, 0.05) is 41.9 Å². The van der Waals surface area contributed by atoms with Gasteiger partial charge in [-0.3, -0.25) is 4.79 Å². The van der Waals surface area contributed by atoms with Crippen molar-refractivity contribution in [1.82, 2.24) is 0 Å². The number of thioether (sulfide) groups is 1. The Morgan fingerprint density at radius 2 is 2.04 bits per heavy atom. The van der Waals surface area contributed by atoms with E-state index in [1.165, 1.54) is 0 Å². The lowest BCUT2D eigenvalue weighted by atomic mass is 10.2. The quantitative estimate of drug-likeness (QED) is 0.537. The fourth-order valence-electron chi connectivity index (χ4n) is 2.73. The van der Waals surface area contributed by atoms with Crippen molar-refractivity contribution < 1.29 is 9.53 Å². The molecule has 0 amide bonds. The van der Waals surface area contributed by atoms with E-state index in [1.54, 1.807) is 31.9 Å². The zero-order valence-corrected chi connectivity index (χ0v) is 16.4. The highest BCUT2D eigenvalue weighted by Gasteiger charge is 2.26. The average molecular weight is 389 g/mol. The van der Waals surface area contributed by atoms with Crippen LogP contribution in [0.3, 0.4) is 0 Å². The molecule has 0 saturated carbocycles. The Labute approximate surface area is 163 Å². The van der Waals surface area contributed by atoms with E-state index in [4.69, 9.17) is 16.3 Å². The Morgan fingerprint density at radius 3 is 2.73 bits per heavy atom. The smallest absolute Gasteiger partial charge is 0.155 e. The third-order valence-corrected chi connectivity index (χ3v) is 5.31. The van der Waals surface area contributed by atoms with Crippen LogP contribution in [0.1, 0.15) is 12.5 Å². The Kier molecular flexibility index (Phi) is 6.25. The number of hydrogen-bond donors (Lipinski definition) is 1. The molecule has 0 radical (unpaired) electrons. The fraction of sp³-hybridized carbons (Fsp3) is 0.250. The van der Waals surface area contributed by atoms with Gasteiger partial charge in [0.05, 0.1) is 17.3 Å². The number of hydrogen-bond acceptors (Lipinski definition) is 5. The molecule has 1 N–H and O–H groups in total. The monoisotopic (exact) mass is 388 g/mol. The Bertz CT molecular complexity index is 821.